The lowest BCUT2D eigenvalue weighted by molar-refractivity contribution is 0.135. The van der Waals surface area contributed by atoms with Crippen LogP contribution >= 0.6 is 0 Å². The van der Waals surface area contributed by atoms with E-state index in [4.69, 9.17) is 5.26 Å². The summed E-state index contributed by atoms with van der Waals surface area (Å²) >= 11 is 0. The van der Waals surface area contributed by atoms with Gasteiger partial charge in [0.1, 0.15) is 0 Å². The maximum Gasteiger partial charge on any atom is 0.243 e. The molecule has 0 N–H and O–H groups in total. The molecule has 0 aromatic heterocycles. The van der Waals surface area contributed by atoms with Crippen LogP contribution in [0.25, 0.3) is 0 Å². The van der Waals surface area contributed by atoms with Crippen LogP contribution in [0.15, 0.2) is 29.2 Å². The third kappa shape index (κ3) is 2.85. The minimum Gasteiger partial charge on any atom is -0.298 e. The molecule has 1 aliphatic rings. The van der Waals surface area contributed by atoms with E-state index in [9.17, 15) is 8.42 Å². The van der Waals surface area contributed by atoms with E-state index in [1.54, 1.807) is 18.2 Å². The number of nitrogens with zero attached hydrogens (tertiary/aromatic N) is 3. The Kier molecular flexibility index (Phi) is 4.43. The van der Waals surface area contributed by atoms with Crippen molar-refractivity contribution in [3.8, 4) is 6.07 Å². The van der Waals surface area contributed by atoms with E-state index in [-0.39, 0.29) is 10.9 Å². The number of likely N-dealkylation sites (N-methyl/N-ethyl adjacent to an activating group) is 1. The Balaban J connectivity index is 2.25. The van der Waals surface area contributed by atoms with Crippen molar-refractivity contribution >= 4 is 10.0 Å². The van der Waals surface area contributed by atoms with Gasteiger partial charge in [-0.05, 0) is 31.7 Å². The molecule has 0 amide bonds. The van der Waals surface area contributed by atoms with Crippen LogP contribution in [0.4, 0.5) is 0 Å². The molecule has 108 valence electrons. The lowest BCUT2D eigenvalue weighted by Crippen LogP contribution is -2.53. The van der Waals surface area contributed by atoms with E-state index in [1.165, 1.54) is 10.4 Å². The highest BCUT2D eigenvalue weighted by Crippen LogP contribution is 2.20. The van der Waals surface area contributed by atoms with Gasteiger partial charge in [0, 0.05) is 25.7 Å². The fourth-order valence-electron chi connectivity index (χ4n) is 2.53. The minimum atomic E-state index is -3.50. The molecule has 1 aromatic rings. The summed E-state index contributed by atoms with van der Waals surface area (Å²) in [7, 11) is -3.50. The van der Waals surface area contributed by atoms with Crippen LogP contribution in [0.3, 0.4) is 0 Å². The summed E-state index contributed by atoms with van der Waals surface area (Å²) in [6.07, 6.45) is 0. The standard InChI is InChI=1S/C14H19N3O2S/c1-3-16-7-8-17(11-12(16)2)20(18,19)14-6-4-5-13(9-14)10-15/h4-6,9,12H,3,7-8,11H2,1-2H3. The Hall–Kier alpha value is -1.42. The highest BCUT2D eigenvalue weighted by Gasteiger charge is 2.31. The molecule has 5 nitrogen and oxygen atoms in total. The lowest BCUT2D eigenvalue weighted by Gasteiger charge is -2.38. The molecule has 20 heavy (non-hydrogen) atoms. The maximum atomic E-state index is 12.6. The van der Waals surface area contributed by atoms with Crippen LogP contribution in [0.5, 0.6) is 0 Å². The predicted molar refractivity (Wildman–Crippen MR) is 76.6 cm³/mol. The third-order valence-corrected chi connectivity index (χ3v) is 5.60. The van der Waals surface area contributed by atoms with Gasteiger partial charge in [0.2, 0.25) is 10.0 Å². The zero-order valence-electron chi connectivity index (χ0n) is 11.8. The molecular weight excluding hydrogens is 274 g/mol. The summed E-state index contributed by atoms with van der Waals surface area (Å²) < 4.78 is 26.7. The van der Waals surface area contributed by atoms with Crippen molar-refractivity contribution in [1.29, 1.82) is 5.26 Å². The van der Waals surface area contributed by atoms with Gasteiger partial charge in [-0.2, -0.15) is 9.57 Å². The molecule has 0 spiro atoms. The van der Waals surface area contributed by atoms with Crippen LogP contribution in [-0.4, -0.2) is 49.8 Å². The molecule has 1 unspecified atom stereocenters. The number of hydrogen-bond acceptors (Lipinski definition) is 4. The molecule has 1 heterocycles. The van der Waals surface area contributed by atoms with Crippen molar-refractivity contribution in [1.82, 2.24) is 9.21 Å². The van der Waals surface area contributed by atoms with Gasteiger partial charge in [0.15, 0.2) is 0 Å². The summed E-state index contributed by atoms with van der Waals surface area (Å²) in [6, 6.07) is 8.39. The van der Waals surface area contributed by atoms with Gasteiger partial charge in [-0.1, -0.05) is 13.0 Å². The molecule has 1 fully saturated rings. The molecule has 6 heteroatoms. The van der Waals surface area contributed by atoms with E-state index < -0.39 is 10.0 Å². The number of sulfonamides is 1. The first-order valence-electron chi connectivity index (χ1n) is 6.73. The average Bonchev–Trinajstić information content (AvgIpc) is 2.47. The Morgan fingerprint density at radius 3 is 2.75 bits per heavy atom. The van der Waals surface area contributed by atoms with Gasteiger partial charge in [-0.25, -0.2) is 8.42 Å². The van der Waals surface area contributed by atoms with Crippen molar-refractivity contribution in [2.45, 2.75) is 24.8 Å². The molecule has 1 atom stereocenters. The number of piperazine rings is 1. The van der Waals surface area contributed by atoms with Crippen LogP contribution < -0.4 is 0 Å². The second kappa shape index (κ2) is 5.92. The number of nitriles is 1. The monoisotopic (exact) mass is 293 g/mol. The zero-order valence-corrected chi connectivity index (χ0v) is 12.6. The van der Waals surface area contributed by atoms with Crippen LogP contribution in [0, 0.1) is 11.3 Å². The van der Waals surface area contributed by atoms with Crippen molar-refractivity contribution in [3.63, 3.8) is 0 Å². The Morgan fingerprint density at radius 1 is 1.40 bits per heavy atom. The second-order valence-electron chi connectivity index (χ2n) is 4.98. The summed E-state index contributed by atoms with van der Waals surface area (Å²) in [5.74, 6) is 0. The first kappa shape index (κ1) is 15.0. The van der Waals surface area contributed by atoms with E-state index in [0.29, 0.717) is 18.7 Å². The molecule has 0 aliphatic carbocycles. The summed E-state index contributed by atoms with van der Waals surface area (Å²) in [5, 5.41) is 8.88. The molecule has 1 saturated heterocycles. The van der Waals surface area contributed by atoms with Gasteiger partial charge >= 0.3 is 0 Å². The SMILES string of the molecule is CCN1CCN(S(=O)(=O)c2cccc(C#N)c2)CC1C. The highest BCUT2D eigenvalue weighted by molar-refractivity contribution is 7.89. The number of hydrogen-bond donors (Lipinski definition) is 0. The summed E-state index contributed by atoms with van der Waals surface area (Å²) in [6.45, 7) is 6.78. The van der Waals surface area contributed by atoms with E-state index in [0.717, 1.165) is 13.1 Å². The van der Waals surface area contributed by atoms with E-state index in [2.05, 4.69) is 11.8 Å². The van der Waals surface area contributed by atoms with Gasteiger partial charge in [0.05, 0.1) is 16.5 Å². The highest BCUT2D eigenvalue weighted by atomic mass is 32.2. The molecule has 1 aliphatic heterocycles. The van der Waals surface area contributed by atoms with Gasteiger partial charge < -0.3 is 0 Å². The fourth-order valence-corrected chi connectivity index (χ4v) is 4.08. The van der Waals surface area contributed by atoms with E-state index >= 15 is 0 Å². The normalized spacial score (nSPS) is 21.6. The topological polar surface area (TPSA) is 64.4 Å². The molecule has 0 saturated carbocycles. The van der Waals surface area contributed by atoms with Crippen molar-refractivity contribution < 1.29 is 8.42 Å². The largest absolute Gasteiger partial charge is 0.298 e. The average molecular weight is 293 g/mol. The van der Waals surface area contributed by atoms with Gasteiger partial charge in [0.25, 0.3) is 0 Å². The second-order valence-corrected chi connectivity index (χ2v) is 6.92. The Labute approximate surface area is 120 Å². The smallest absolute Gasteiger partial charge is 0.243 e. The molecule has 0 bridgehead atoms. The van der Waals surface area contributed by atoms with Crippen LogP contribution in [0.1, 0.15) is 19.4 Å². The third-order valence-electron chi connectivity index (χ3n) is 3.73. The number of rotatable bonds is 3. The predicted octanol–water partition coefficient (Wildman–Crippen LogP) is 1.27. The molecule has 0 radical (unpaired) electrons. The number of benzene rings is 1. The maximum absolute atomic E-state index is 12.6. The fraction of sp³-hybridized carbons (Fsp3) is 0.500. The van der Waals surface area contributed by atoms with Crippen LogP contribution in [-0.2, 0) is 10.0 Å². The molecule has 2 rings (SSSR count). The minimum absolute atomic E-state index is 0.202. The van der Waals surface area contributed by atoms with Gasteiger partial charge in [-0.15, -0.1) is 0 Å². The molecular formula is C14H19N3O2S. The van der Waals surface area contributed by atoms with Gasteiger partial charge in [-0.3, -0.25) is 4.90 Å². The Morgan fingerprint density at radius 2 is 2.15 bits per heavy atom. The van der Waals surface area contributed by atoms with Crippen molar-refractivity contribution in [3.05, 3.63) is 29.8 Å². The first-order valence-corrected chi connectivity index (χ1v) is 8.17. The Bertz CT molecular complexity index is 622. The van der Waals surface area contributed by atoms with Crippen LogP contribution in [0.2, 0.25) is 0 Å². The van der Waals surface area contributed by atoms with Crippen molar-refractivity contribution in [2.75, 3.05) is 26.2 Å². The summed E-state index contributed by atoms with van der Waals surface area (Å²) in [4.78, 5) is 2.46. The first-order chi connectivity index (χ1) is 9.48. The van der Waals surface area contributed by atoms with E-state index in [1.807, 2.05) is 13.0 Å². The van der Waals surface area contributed by atoms with Crippen molar-refractivity contribution in [2.24, 2.45) is 0 Å². The molecule has 1 aromatic carbocycles. The lowest BCUT2D eigenvalue weighted by atomic mass is 10.2. The summed E-state index contributed by atoms with van der Waals surface area (Å²) in [5.41, 5.74) is 0.367. The zero-order chi connectivity index (χ0) is 14.8. The quantitative estimate of drug-likeness (QED) is 0.842.